The van der Waals surface area contributed by atoms with Crippen LogP contribution in [0.1, 0.15) is 38.2 Å². The Labute approximate surface area is 119 Å². The van der Waals surface area contributed by atoms with Gasteiger partial charge in [-0.15, -0.1) is 0 Å². The minimum absolute atomic E-state index is 0.178. The van der Waals surface area contributed by atoms with Crippen LogP contribution in [0, 0.1) is 0 Å². The lowest BCUT2D eigenvalue weighted by Gasteiger charge is -2.20. The number of aryl methyl sites for hydroxylation is 1. The second-order valence-electron chi connectivity index (χ2n) is 4.96. The Morgan fingerprint density at radius 3 is 3.16 bits per heavy atom. The number of carbonyl (C=O) groups excluding carboxylic acids is 1. The van der Waals surface area contributed by atoms with E-state index in [-0.39, 0.29) is 5.91 Å². The van der Waals surface area contributed by atoms with Crippen LogP contribution in [0.3, 0.4) is 0 Å². The molecule has 1 aliphatic carbocycles. The van der Waals surface area contributed by atoms with Crippen molar-refractivity contribution in [2.75, 3.05) is 5.75 Å². The van der Waals surface area contributed by atoms with Crippen molar-refractivity contribution in [3.63, 3.8) is 0 Å². The number of pyridine rings is 1. The highest BCUT2D eigenvalue weighted by atomic mass is 32.2. The fraction of sp³-hybridized carbons (Fsp3) is 0.600. The van der Waals surface area contributed by atoms with Crippen LogP contribution in [0.2, 0.25) is 0 Å². The van der Waals surface area contributed by atoms with Gasteiger partial charge in [-0.3, -0.25) is 9.78 Å². The minimum atomic E-state index is 0.178. The van der Waals surface area contributed by atoms with Crippen molar-refractivity contribution in [1.29, 1.82) is 0 Å². The SMILES string of the molecule is CCS[C@H]1CCC[C@@H]1NC(=O)CCc1cccnc1. The highest BCUT2D eigenvalue weighted by Gasteiger charge is 2.28. The van der Waals surface area contributed by atoms with E-state index in [2.05, 4.69) is 17.2 Å². The van der Waals surface area contributed by atoms with Crippen LogP contribution in [0.25, 0.3) is 0 Å². The smallest absolute Gasteiger partial charge is 0.220 e. The molecule has 3 nitrogen and oxygen atoms in total. The number of nitrogens with one attached hydrogen (secondary N) is 1. The topological polar surface area (TPSA) is 42.0 Å². The number of hydrogen-bond donors (Lipinski definition) is 1. The Morgan fingerprint density at radius 2 is 2.42 bits per heavy atom. The summed E-state index contributed by atoms with van der Waals surface area (Å²) in [5.41, 5.74) is 1.13. The normalized spacial score (nSPS) is 22.4. The molecule has 0 saturated heterocycles. The lowest BCUT2D eigenvalue weighted by Crippen LogP contribution is -2.38. The average Bonchev–Trinajstić information content (AvgIpc) is 2.85. The zero-order valence-electron chi connectivity index (χ0n) is 11.5. The third kappa shape index (κ3) is 4.53. The molecule has 0 unspecified atom stereocenters. The van der Waals surface area contributed by atoms with E-state index in [0.717, 1.165) is 24.2 Å². The maximum atomic E-state index is 12.0. The first-order valence-corrected chi connectivity index (χ1v) is 8.14. The predicted octanol–water partition coefficient (Wildman–Crippen LogP) is 2.80. The summed E-state index contributed by atoms with van der Waals surface area (Å²) < 4.78 is 0. The van der Waals surface area contributed by atoms with E-state index < -0.39 is 0 Å². The lowest BCUT2D eigenvalue weighted by molar-refractivity contribution is -0.121. The molecule has 0 aromatic carbocycles. The van der Waals surface area contributed by atoms with Crippen molar-refractivity contribution < 1.29 is 4.79 Å². The molecule has 0 radical (unpaired) electrons. The van der Waals surface area contributed by atoms with Gasteiger partial charge in [-0.2, -0.15) is 11.8 Å². The maximum absolute atomic E-state index is 12.0. The van der Waals surface area contributed by atoms with E-state index in [1.165, 1.54) is 12.8 Å². The largest absolute Gasteiger partial charge is 0.352 e. The summed E-state index contributed by atoms with van der Waals surface area (Å²) in [6.07, 6.45) is 8.55. The first kappa shape index (κ1) is 14.4. The van der Waals surface area contributed by atoms with Crippen LogP contribution in [0.4, 0.5) is 0 Å². The Bertz CT molecular complexity index is 396. The van der Waals surface area contributed by atoms with Gasteiger partial charge in [-0.1, -0.05) is 19.4 Å². The lowest BCUT2D eigenvalue weighted by atomic mass is 10.1. The summed E-state index contributed by atoms with van der Waals surface area (Å²) in [5.74, 6) is 1.31. The van der Waals surface area contributed by atoms with Gasteiger partial charge in [0.05, 0.1) is 0 Å². The molecule has 1 saturated carbocycles. The van der Waals surface area contributed by atoms with Crippen molar-refractivity contribution in [2.24, 2.45) is 0 Å². The van der Waals surface area contributed by atoms with Gasteiger partial charge in [-0.25, -0.2) is 0 Å². The van der Waals surface area contributed by atoms with Crippen molar-refractivity contribution in [3.8, 4) is 0 Å². The molecular formula is C15H22N2OS. The molecule has 1 heterocycles. The standard InChI is InChI=1S/C15H22N2OS/c1-2-19-14-7-3-6-13(14)17-15(18)9-8-12-5-4-10-16-11-12/h4-5,10-11,13-14H,2-3,6-9H2,1H3,(H,17,18)/t13-,14-/m0/s1. The van der Waals surface area contributed by atoms with Crippen LogP contribution in [0.5, 0.6) is 0 Å². The summed E-state index contributed by atoms with van der Waals surface area (Å²) >= 11 is 1.98. The Hall–Kier alpha value is -1.03. The van der Waals surface area contributed by atoms with Gasteiger partial charge in [0.25, 0.3) is 0 Å². The van der Waals surface area contributed by atoms with Gasteiger partial charge < -0.3 is 5.32 Å². The Kier molecular flexibility index (Phi) is 5.70. The van der Waals surface area contributed by atoms with E-state index in [0.29, 0.717) is 17.7 Å². The van der Waals surface area contributed by atoms with E-state index in [1.807, 2.05) is 30.1 Å². The molecule has 4 heteroatoms. The third-order valence-corrected chi connectivity index (χ3v) is 4.87. The van der Waals surface area contributed by atoms with Gasteiger partial charge in [-0.05, 0) is 36.6 Å². The van der Waals surface area contributed by atoms with Gasteiger partial charge in [0.2, 0.25) is 5.91 Å². The number of amides is 1. The number of carbonyl (C=O) groups is 1. The van der Waals surface area contributed by atoms with Crippen LogP contribution >= 0.6 is 11.8 Å². The molecule has 2 atom stereocenters. The molecule has 0 bridgehead atoms. The van der Waals surface area contributed by atoms with Gasteiger partial charge in [0.1, 0.15) is 0 Å². The molecule has 1 aromatic rings. The van der Waals surface area contributed by atoms with Gasteiger partial charge in [0.15, 0.2) is 0 Å². The number of thioether (sulfide) groups is 1. The van der Waals surface area contributed by atoms with E-state index in [4.69, 9.17) is 0 Å². The highest BCUT2D eigenvalue weighted by molar-refractivity contribution is 7.99. The molecule has 1 fully saturated rings. The van der Waals surface area contributed by atoms with Gasteiger partial charge in [0, 0.05) is 30.1 Å². The molecule has 19 heavy (non-hydrogen) atoms. The van der Waals surface area contributed by atoms with E-state index >= 15 is 0 Å². The van der Waals surface area contributed by atoms with E-state index in [9.17, 15) is 4.79 Å². The number of aromatic nitrogens is 1. The Balaban J connectivity index is 1.75. The van der Waals surface area contributed by atoms with Crippen molar-refractivity contribution in [3.05, 3.63) is 30.1 Å². The number of hydrogen-bond acceptors (Lipinski definition) is 3. The fourth-order valence-electron chi connectivity index (χ4n) is 2.59. The van der Waals surface area contributed by atoms with Crippen LogP contribution in [0.15, 0.2) is 24.5 Å². The molecule has 104 valence electrons. The third-order valence-electron chi connectivity index (χ3n) is 3.54. The molecule has 1 amide bonds. The summed E-state index contributed by atoms with van der Waals surface area (Å²) in [6, 6.07) is 4.32. The first-order chi connectivity index (χ1) is 9.29. The van der Waals surface area contributed by atoms with Gasteiger partial charge >= 0.3 is 0 Å². The van der Waals surface area contributed by atoms with Crippen LogP contribution < -0.4 is 5.32 Å². The molecule has 1 N–H and O–H groups in total. The fourth-order valence-corrected chi connectivity index (χ4v) is 3.79. The monoisotopic (exact) mass is 278 g/mol. The number of rotatable bonds is 6. The molecule has 0 aliphatic heterocycles. The van der Waals surface area contributed by atoms with Crippen LogP contribution in [-0.4, -0.2) is 27.9 Å². The maximum Gasteiger partial charge on any atom is 0.220 e. The van der Waals surface area contributed by atoms with Crippen molar-refractivity contribution >= 4 is 17.7 Å². The molecule has 1 aromatic heterocycles. The Morgan fingerprint density at radius 1 is 1.53 bits per heavy atom. The second-order valence-corrected chi connectivity index (χ2v) is 6.48. The van der Waals surface area contributed by atoms with Crippen LogP contribution in [-0.2, 0) is 11.2 Å². The first-order valence-electron chi connectivity index (χ1n) is 7.09. The second kappa shape index (κ2) is 7.53. The molecular weight excluding hydrogens is 256 g/mol. The summed E-state index contributed by atoms with van der Waals surface area (Å²) in [7, 11) is 0. The van der Waals surface area contributed by atoms with Crippen molar-refractivity contribution in [2.45, 2.75) is 50.3 Å². The molecule has 0 spiro atoms. The summed E-state index contributed by atoms with van der Waals surface area (Å²) in [6.45, 7) is 2.18. The highest BCUT2D eigenvalue weighted by Crippen LogP contribution is 2.29. The van der Waals surface area contributed by atoms with Crippen molar-refractivity contribution in [1.82, 2.24) is 10.3 Å². The minimum Gasteiger partial charge on any atom is -0.352 e. The quantitative estimate of drug-likeness (QED) is 0.870. The number of nitrogens with zero attached hydrogens (tertiary/aromatic N) is 1. The average molecular weight is 278 g/mol. The zero-order valence-corrected chi connectivity index (χ0v) is 12.3. The predicted molar refractivity (Wildman–Crippen MR) is 80.3 cm³/mol. The summed E-state index contributed by atoms with van der Waals surface area (Å²) in [5, 5.41) is 3.82. The zero-order chi connectivity index (χ0) is 13.5. The molecule has 2 rings (SSSR count). The summed E-state index contributed by atoms with van der Waals surface area (Å²) in [4.78, 5) is 16.0. The van der Waals surface area contributed by atoms with E-state index in [1.54, 1.807) is 6.20 Å². The molecule has 1 aliphatic rings.